The molecule has 0 aliphatic rings. The summed E-state index contributed by atoms with van der Waals surface area (Å²) in [6.45, 7) is 6.40. The quantitative estimate of drug-likeness (QED) is 0.647. The number of anilines is 2. The molecule has 0 spiro atoms. The van der Waals surface area contributed by atoms with Crippen molar-refractivity contribution < 1.29 is 0 Å². The number of nitrogens with two attached hydrogens (primary N) is 1. The lowest BCUT2D eigenvalue weighted by atomic mass is 9.93. The first-order valence-electron chi connectivity index (χ1n) is 5.27. The van der Waals surface area contributed by atoms with Crippen molar-refractivity contribution in [2.45, 2.75) is 13.8 Å². The molecule has 0 aliphatic carbocycles. The fraction of sp³-hybridized carbons (Fsp3) is 0.500. The predicted octanol–water partition coefficient (Wildman–Crippen LogP) is 1.93. The number of nitrogen functional groups attached to an aromatic ring is 1. The van der Waals surface area contributed by atoms with Crippen LogP contribution in [-0.2, 0) is 0 Å². The van der Waals surface area contributed by atoms with Gasteiger partial charge in [0.1, 0.15) is 0 Å². The van der Waals surface area contributed by atoms with E-state index in [0.717, 1.165) is 24.5 Å². The lowest BCUT2D eigenvalue weighted by molar-refractivity contribution is 0.376. The highest BCUT2D eigenvalue weighted by Crippen LogP contribution is 2.16. The van der Waals surface area contributed by atoms with E-state index in [-0.39, 0.29) is 5.41 Å². The average Bonchev–Trinajstić information content (AvgIpc) is 2.17. The molecule has 0 saturated heterocycles. The Kier molecular flexibility index (Phi) is 3.97. The van der Waals surface area contributed by atoms with E-state index in [4.69, 9.17) is 5.73 Å². The molecule has 1 aromatic rings. The summed E-state index contributed by atoms with van der Waals surface area (Å²) in [6.07, 6.45) is 0. The zero-order valence-electron chi connectivity index (χ0n) is 9.80. The summed E-state index contributed by atoms with van der Waals surface area (Å²) in [5.41, 5.74) is 7.78. The highest BCUT2D eigenvalue weighted by Gasteiger charge is 2.15. The molecule has 0 aliphatic heterocycles. The van der Waals surface area contributed by atoms with Crippen LogP contribution in [0.4, 0.5) is 11.4 Å². The number of hydrogen-bond acceptors (Lipinski definition) is 3. The van der Waals surface area contributed by atoms with Gasteiger partial charge in [0.15, 0.2) is 0 Å². The lowest BCUT2D eigenvalue weighted by Gasteiger charge is -2.25. The van der Waals surface area contributed by atoms with Crippen LogP contribution in [0.3, 0.4) is 0 Å². The molecule has 0 unspecified atom stereocenters. The molecule has 0 saturated carbocycles. The number of rotatable bonds is 5. The third kappa shape index (κ3) is 4.21. The number of nitrogens with one attached hydrogen (secondary N) is 2. The zero-order chi connectivity index (χ0) is 11.3. The third-order valence-electron chi connectivity index (χ3n) is 2.34. The van der Waals surface area contributed by atoms with Crippen LogP contribution in [0, 0.1) is 5.41 Å². The van der Waals surface area contributed by atoms with Crippen LogP contribution < -0.4 is 16.4 Å². The van der Waals surface area contributed by atoms with E-state index in [1.54, 1.807) is 0 Å². The van der Waals surface area contributed by atoms with Gasteiger partial charge in [-0.1, -0.05) is 13.8 Å². The minimum absolute atomic E-state index is 0.246. The molecular weight excluding hydrogens is 186 g/mol. The summed E-state index contributed by atoms with van der Waals surface area (Å²) >= 11 is 0. The fourth-order valence-electron chi connectivity index (χ4n) is 1.48. The van der Waals surface area contributed by atoms with E-state index in [0.29, 0.717) is 0 Å². The molecule has 0 amide bonds. The van der Waals surface area contributed by atoms with Crippen LogP contribution in [0.5, 0.6) is 0 Å². The second kappa shape index (κ2) is 5.03. The zero-order valence-corrected chi connectivity index (χ0v) is 9.80. The number of hydrogen-bond donors (Lipinski definition) is 3. The van der Waals surface area contributed by atoms with E-state index in [9.17, 15) is 0 Å². The van der Waals surface area contributed by atoms with Gasteiger partial charge in [0.25, 0.3) is 0 Å². The topological polar surface area (TPSA) is 50.1 Å². The van der Waals surface area contributed by atoms with Gasteiger partial charge in [0, 0.05) is 24.5 Å². The van der Waals surface area contributed by atoms with E-state index >= 15 is 0 Å². The molecule has 1 aromatic carbocycles. The van der Waals surface area contributed by atoms with Crippen LogP contribution in [0.15, 0.2) is 24.3 Å². The number of benzene rings is 1. The first-order valence-corrected chi connectivity index (χ1v) is 5.27. The van der Waals surface area contributed by atoms with Gasteiger partial charge in [-0.25, -0.2) is 0 Å². The molecule has 15 heavy (non-hydrogen) atoms. The third-order valence-corrected chi connectivity index (χ3v) is 2.34. The van der Waals surface area contributed by atoms with Crippen LogP contribution in [-0.4, -0.2) is 20.1 Å². The summed E-state index contributed by atoms with van der Waals surface area (Å²) in [6, 6.07) is 7.83. The smallest absolute Gasteiger partial charge is 0.0341 e. The Morgan fingerprint density at radius 2 is 1.73 bits per heavy atom. The van der Waals surface area contributed by atoms with Gasteiger partial charge in [-0.2, -0.15) is 0 Å². The Morgan fingerprint density at radius 1 is 1.13 bits per heavy atom. The van der Waals surface area contributed by atoms with Crippen molar-refractivity contribution in [2.24, 2.45) is 5.41 Å². The van der Waals surface area contributed by atoms with Crippen molar-refractivity contribution in [1.82, 2.24) is 5.32 Å². The molecule has 0 aromatic heterocycles. The molecule has 4 N–H and O–H groups in total. The molecule has 0 heterocycles. The molecular formula is C12H21N3. The first kappa shape index (κ1) is 11.9. The van der Waals surface area contributed by atoms with Crippen molar-refractivity contribution in [3.05, 3.63) is 24.3 Å². The maximum absolute atomic E-state index is 5.62. The Labute approximate surface area is 92.1 Å². The molecule has 0 fully saturated rings. The Bertz CT molecular complexity index is 290. The average molecular weight is 207 g/mol. The molecule has 3 heteroatoms. The maximum atomic E-state index is 5.62. The van der Waals surface area contributed by atoms with E-state index < -0.39 is 0 Å². The second-order valence-corrected chi connectivity index (χ2v) is 4.67. The highest BCUT2D eigenvalue weighted by molar-refractivity contribution is 5.51. The van der Waals surface area contributed by atoms with E-state index in [1.807, 2.05) is 31.3 Å². The van der Waals surface area contributed by atoms with Gasteiger partial charge < -0.3 is 16.4 Å². The van der Waals surface area contributed by atoms with Crippen LogP contribution in [0.25, 0.3) is 0 Å². The first-order chi connectivity index (χ1) is 7.03. The van der Waals surface area contributed by atoms with Crippen molar-refractivity contribution in [2.75, 3.05) is 31.2 Å². The summed E-state index contributed by atoms with van der Waals surface area (Å²) in [5, 5.41) is 6.59. The molecule has 84 valence electrons. The van der Waals surface area contributed by atoms with E-state index in [2.05, 4.69) is 24.5 Å². The van der Waals surface area contributed by atoms with Crippen LogP contribution >= 0.6 is 0 Å². The van der Waals surface area contributed by atoms with Crippen molar-refractivity contribution in [1.29, 1.82) is 0 Å². The standard InChI is InChI=1S/C12H21N3/c1-12(2,8-14-3)9-15-11-6-4-10(13)5-7-11/h4-7,14-15H,8-9,13H2,1-3H3. The maximum Gasteiger partial charge on any atom is 0.0341 e. The molecule has 3 nitrogen and oxygen atoms in total. The summed E-state index contributed by atoms with van der Waals surface area (Å²) < 4.78 is 0. The predicted molar refractivity (Wildman–Crippen MR) is 67.1 cm³/mol. The minimum Gasteiger partial charge on any atom is -0.399 e. The lowest BCUT2D eigenvalue weighted by Crippen LogP contribution is -2.33. The van der Waals surface area contributed by atoms with Gasteiger partial charge in [-0.15, -0.1) is 0 Å². The largest absolute Gasteiger partial charge is 0.399 e. The monoisotopic (exact) mass is 207 g/mol. The van der Waals surface area contributed by atoms with Crippen molar-refractivity contribution in [3.8, 4) is 0 Å². The second-order valence-electron chi connectivity index (χ2n) is 4.67. The van der Waals surface area contributed by atoms with E-state index in [1.165, 1.54) is 0 Å². The van der Waals surface area contributed by atoms with Gasteiger partial charge in [0.05, 0.1) is 0 Å². The normalized spacial score (nSPS) is 11.4. The van der Waals surface area contributed by atoms with Crippen LogP contribution in [0.2, 0.25) is 0 Å². The van der Waals surface area contributed by atoms with Gasteiger partial charge >= 0.3 is 0 Å². The van der Waals surface area contributed by atoms with Gasteiger partial charge in [0.2, 0.25) is 0 Å². The summed E-state index contributed by atoms with van der Waals surface area (Å²) in [5.74, 6) is 0. The SMILES string of the molecule is CNCC(C)(C)CNc1ccc(N)cc1. The molecule has 0 radical (unpaired) electrons. The minimum atomic E-state index is 0.246. The van der Waals surface area contributed by atoms with Gasteiger partial charge in [-0.3, -0.25) is 0 Å². The van der Waals surface area contributed by atoms with Gasteiger partial charge in [-0.05, 0) is 36.7 Å². The molecule has 1 rings (SSSR count). The summed E-state index contributed by atoms with van der Waals surface area (Å²) in [4.78, 5) is 0. The molecule has 0 atom stereocenters. The highest BCUT2D eigenvalue weighted by atomic mass is 14.9. The Morgan fingerprint density at radius 3 is 2.27 bits per heavy atom. The Hall–Kier alpha value is -1.22. The summed E-state index contributed by atoms with van der Waals surface area (Å²) in [7, 11) is 1.98. The van der Waals surface area contributed by atoms with Crippen LogP contribution in [0.1, 0.15) is 13.8 Å². The van der Waals surface area contributed by atoms with Crippen molar-refractivity contribution in [3.63, 3.8) is 0 Å². The Balaban J connectivity index is 2.46. The van der Waals surface area contributed by atoms with Crippen molar-refractivity contribution >= 4 is 11.4 Å². The fourth-order valence-corrected chi connectivity index (χ4v) is 1.48. The molecule has 0 bridgehead atoms.